The van der Waals surface area contributed by atoms with Crippen molar-refractivity contribution in [2.24, 2.45) is 0 Å². The van der Waals surface area contributed by atoms with Crippen LogP contribution in [0.1, 0.15) is 11.3 Å². The Bertz CT molecular complexity index is 472. The van der Waals surface area contributed by atoms with E-state index in [2.05, 4.69) is 4.98 Å². The summed E-state index contributed by atoms with van der Waals surface area (Å²) in [7, 11) is 0. The molecule has 1 aromatic rings. The fourth-order valence-electron chi connectivity index (χ4n) is 1.12. The Morgan fingerprint density at radius 3 is 2.53 bits per heavy atom. The Hall–Kier alpha value is -2.19. The van der Waals surface area contributed by atoms with Crippen LogP contribution in [0, 0.1) is 10.1 Å². The molecule has 17 heavy (non-hydrogen) atoms. The van der Waals surface area contributed by atoms with Crippen LogP contribution in [0.2, 0.25) is 0 Å². The highest BCUT2D eigenvalue weighted by Gasteiger charge is 2.40. The number of aromatic nitrogens is 1. The number of nitrogens with zero attached hydrogens (tertiary/aromatic N) is 2. The molecule has 0 saturated carbocycles. The molecule has 0 atom stereocenters. The van der Waals surface area contributed by atoms with Crippen molar-refractivity contribution >= 4 is 11.7 Å². The topological polar surface area (TPSA) is 93.3 Å². The lowest BCUT2D eigenvalue weighted by Gasteiger charge is -2.06. The van der Waals surface area contributed by atoms with E-state index in [9.17, 15) is 28.1 Å². The lowest BCUT2D eigenvalue weighted by Crippen LogP contribution is -2.12. The van der Waals surface area contributed by atoms with Gasteiger partial charge >= 0.3 is 12.1 Å². The highest BCUT2D eigenvalue weighted by Crippen LogP contribution is 2.34. The second-order valence-electron chi connectivity index (χ2n) is 3.04. The van der Waals surface area contributed by atoms with Crippen molar-refractivity contribution in [3.8, 4) is 0 Å². The maximum atomic E-state index is 12.3. The number of halogens is 3. The number of carboxylic acids is 1. The van der Waals surface area contributed by atoms with Crippen molar-refractivity contribution in [3.05, 3.63) is 33.6 Å². The molecule has 92 valence electrons. The second-order valence-corrected chi connectivity index (χ2v) is 3.04. The van der Waals surface area contributed by atoms with Crippen LogP contribution in [0.25, 0.3) is 0 Å². The Morgan fingerprint density at radius 1 is 1.53 bits per heavy atom. The van der Waals surface area contributed by atoms with E-state index in [-0.39, 0.29) is 5.56 Å². The zero-order chi connectivity index (χ0) is 13.2. The van der Waals surface area contributed by atoms with Crippen molar-refractivity contribution < 1.29 is 28.0 Å². The fourth-order valence-corrected chi connectivity index (χ4v) is 1.12. The van der Waals surface area contributed by atoms with E-state index < -0.39 is 34.9 Å². The average molecular weight is 250 g/mol. The minimum Gasteiger partial charge on any atom is -0.481 e. The van der Waals surface area contributed by atoms with E-state index in [1.165, 1.54) is 0 Å². The Labute approximate surface area is 91.9 Å². The summed E-state index contributed by atoms with van der Waals surface area (Å²) >= 11 is 0. The van der Waals surface area contributed by atoms with Gasteiger partial charge in [-0.1, -0.05) is 0 Å². The van der Waals surface area contributed by atoms with Crippen LogP contribution in [0.5, 0.6) is 0 Å². The van der Waals surface area contributed by atoms with Gasteiger partial charge in [0, 0.05) is 12.3 Å². The summed E-state index contributed by atoms with van der Waals surface area (Å²) in [5.41, 5.74) is -3.06. The summed E-state index contributed by atoms with van der Waals surface area (Å²) < 4.78 is 37.0. The van der Waals surface area contributed by atoms with Gasteiger partial charge in [-0.2, -0.15) is 13.2 Å². The predicted octanol–water partition coefficient (Wildman–Crippen LogP) is 1.64. The quantitative estimate of drug-likeness (QED) is 0.650. The minimum atomic E-state index is -4.95. The molecule has 1 N–H and O–H groups in total. The summed E-state index contributed by atoms with van der Waals surface area (Å²) in [6, 6.07) is 0.559. The minimum absolute atomic E-state index is 0.169. The molecule has 9 heteroatoms. The van der Waals surface area contributed by atoms with E-state index in [4.69, 9.17) is 5.11 Å². The number of hydrogen-bond donors (Lipinski definition) is 1. The maximum absolute atomic E-state index is 12.3. The molecule has 0 aliphatic heterocycles. The fraction of sp³-hybridized carbons (Fsp3) is 0.250. The summed E-state index contributed by atoms with van der Waals surface area (Å²) in [4.78, 5) is 22.4. The summed E-state index contributed by atoms with van der Waals surface area (Å²) in [5, 5.41) is 18.8. The Kier molecular flexibility index (Phi) is 3.30. The Morgan fingerprint density at radius 2 is 2.12 bits per heavy atom. The van der Waals surface area contributed by atoms with Gasteiger partial charge in [-0.05, 0) is 5.56 Å². The molecular weight excluding hydrogens is 245 g/mol. The van der Waals surface area contributed by atoms with Gasteiger partial charge in [0.15, 0.2) is 0 Å². The third-order valence-corrected chi connectivity index (χ3v) is 1.74. The second kappa shape index (κ2) is 4.36. The number of carboxylic acid groups (broad SMARTS) is 1. The number of carbonyl (C=O) groups is 1. The molecule has 1 heterocycles. The molecule has 6 nitrogen and oxygen atoms in total. The van der Waals surface area contributed by atoms with Gasteiger partial charge in [-0.25, -0.2) is 4.98 Å². The van der Waals surface area contributed by atoms with Gasteiger partial charge in [-0.3, -0.25) is 14.9 Å². The van der Waals surface area contributed by atoms with E-state index in [0.29, 0.717) is 12.3 Å². The molecule has 0 aliphatic rings. The van der Waals surface area contributed by atoms with E-state index in [1.807, 2.05) is 0 Å². The number of aliphatic carboxylic acids is 1. The molecule has 0 spiro atoms. The van der Waals surface area contributed by atoms with Crippen molar-refractivity contribution in [2.45, 2.75) is 12.6 Å². The molecule has 1 aromatic heterocycles. The number of rotatable bonds is 3. The first-order chi connectivity index (χ1) is 7.71. The van der Waals surface area contributed by atoms with Crippen LogP contribution >= 0.6 is 0 Å². The molecular formula is C8H5F3N2O4. The molecule has 0 aromatic carbocycles. The van der Waals surface area contributed by atoms with E-state index in [1.54, 1.807) is 0 Å². The first-order valence-electron chi connectivity index (χ1n) is 4.14. The van der Waals surface area contributed by atoms with Crippen LogP contribution in [-0.4, -0.2) is 21.0 Å². The van der Waals surface area contributed by atoms with Crippen LogP contribution < -0.4 is 0 Å². The van der Waals surface area contributed by atoms with Gasteiger partial charge in [0.05, 0.1) is 11.3 Å². The smallest absolute Gasteiger partial charge is 0.440 e. The van der Waals surface area contributed by atoms with Gasteiger partial charge in [0.25, 0.3) is 5.69 Å². The lowest BCUT2D eigenvalue weighted by molar-refractivity contribution is -0.388. The molecule has 0 saturated heterocycles. The number of nitro groups is 1. The number of pyridine rings is 1. The molecule has 0 aliphatic carbocycles. The number of hydrogen-bond acceptors (Lipinski definition) is 4. The van der Waals surface area contributed by atoms with Crippen molar-refractivity contribution in [2.75, 3.05) is 0 Å². The van der Waals surface area contributed by atoms with Gasteiger partial charge < -0.3 is 5.11 Å². The van der Waals surface area contributed by atoms with Crippen molar-refractivity contribution in [1.82, 2.24) is 4.98 Å². The monoisotopic (exact) mass is 250 g/mol. The molecule has 0 amide bonds. The van der Waals surface area contributed by atoms with Gasteiger partial charge in [0.2, 0.25) is 5.69 Å². The predicted molar refractivity (Wildman–Crippen MR) is 47.2 cm³/mol. The average Bonchev–Trinajstić information content (AvgIpc) is 2.14. The van der Waals surface area contributed by atoms with Gasteiger partial charge in [0.1, 0.15) is 0 Å². The highest BCUT2D eigenvalue weighted by atomic mass is 19.4. The normalized spacial score (nSPS) is 11.2. The van der Waals surface area contributed by atoms with E-state index in [0.717, 1.165) is 0 Å². The van der Waals surface area contributed by atoms with Gasteiger partial charge in [-0.15, -0.1) is 0 Å². The largest absolute Gasteiger partial charge is 0.481 e. The zero-order valence-electron chi connectivity index (χ0n) is 8.06. The van der Waals surface area contributed by atoms with Crippen molar-refractivity contribution in [1.29, 1.82) is 0 Å². The number of alkyl halides is 3. The standard InChI is InChI=1S/C8H5F3N2O4/c9-8(10,11)7-5(13(16)17)1-4(3-12-7)2-6(14)15/h1,3H,2H2,(H,14,15). The summed E-state index contributed by atoms with van der Waals surface area (Å²) in [5.74, 6) is -1.32. The first kappa shape index (κ1) is 12.9. The zero-order valence-corrected chi connectivity index (χ0v) is 8.06. The van der Waals surface area contributed by atoms with Crippen LogP contribution in [0.4, 0.5) is 18.9 Å². The third kappa shape index (κ3) is 3.13. The summed E-state index contributed by atoms with van der Waals surface area (Å²) in [6.45, 7) is 0. The van der Waals surface area contributed by atoms with Crippen LogP contribution in [0.3, 0.4) is 0 Å². The summed E-state index contributed by atoms with van der Waals surface area (Å²) in [6.07, 6.45) is -4.93. The molecule has 0 unspecified atom stereocenters. The third-order valence-electron chi connectivity index (χ3n) is 1.74. The maximum Gasteiger partial charge on any atom is 0.440 e. The van der Waals surface area contributed by atoms with Crippen LogP contribution in [-0.2, 0) is 17.4 Å². The first-order valence-corrected chi connectivity index (χ1v) is 4.14. The molecule has 1 rings (SSSR count). The molecule has 0 fully saturated rings. The lowest BCUT2D eigenvalue weighted by atomic mass is 10.1. The highest BCUT2D eigenvalue weighted by molar-refractivity contribution is 5.70. The molecule has 0 radical (unpaired) electrons. The Balaban J connectivity index is 3.27. The van der Waals surface area contributed by atoms with E-state index >= 15 is 0 Å². The SMILES string of the molecule is O=C(O)Cc1cnc(C(F)(F)F)c([N+](=O)[O-])c1. The van der Waals surface area contributed by atoms with Crippen LogP contribution in [0.15, 0.2) is 12.3 Å². The van der Waals surface area contributed by atoms with Crippen molar-refractivity contribution in [3.63, 3.8) is 0 Å². The molecule has 0 bridgehead atoms.